The van der Waals surface area contributed by atoms with Gasteiger partial charge in [-0.25, -0.2) is 0 Å². The number of hydrogen-bond donors (Lipinski definition) is 1. The van der Waals surface area contributed by atoms with Gasteiger partial charge in [-0.2, -0.15) is 0 Å². The van der Waals surface area contributed by atoms with Crippen molar-refractivity contribution in [3.63, 3.8) is 0 Å². The SMILES string of the molecule is C=C(O)COC1CCC(C)CC1. The lowest BCUT2D eigenvalue weighted by Gasteiger charge is -2.25. The Bertz CT molecular complexity index is 146. The predicted octanol–water partition coefficient (Wildman–Crippen LogP) is 2.65. The molecular formula is C10H18O2. The molecule has 0 amide bonds. The van der Waals surface area contributed by atoms with E-state index >= 15 is 0 Å². The molecule has 0 aliphatic heterocycles. The van der Waals surface area contributed by atoms with Crippen LogP contribution in [0.4, 0.5) is 0 Å². The zero-order valence-corrected chi connectivity index (χ0v) is 7.75. The van der Waals surface area contributed by atoms with E-state index in [9.17, 15) is 0 Å². The third-order valence-electron chi connectivity index (χ3n) is 2.45. The summed E-state index contributed by atoms with van der Waals surface area (Å²) in [6.07, 6.45) is 5.12. The highest BCUT2D eigenvalue weighted by Crippen LogP contribution is 2.25. The molecule has 1 saturated carbocycles. The Hall–Kier alpha value is -0.500. The first-order chi connectivity index (χ1) is 5.68. The van der Waals surface area contributed by atoms with Crippen molar-refractivity contribution in [2.24, 2.45) is 5.92 Å². The molecule has 0 aromatic rings. The fraction of sp³-hybridized carbons (Fsp3) is 0.800. The average molecular weight is 170 g/mol. The number of rotatable bonds is 3. The van der Waals surface area contributed by atoms with Crippen molar-refractivity contribution in [1.29, 1.82) is 0 Å². The summed E-state index contributed by atoms with van der Waals surface area (Å²) < 4.78 is 5.44. The van der Waals surface area contributed by atoms with Crippen LogP contribution < -0.4 is 0 Å². The topological polar surface area (TPSA) is 29.5 Å². The molecule has 70 valence electrons. The molecule has 0 saturated heterocycles. The molecule has 0 aromatic carbocycles. The molecule has 0 bridgehead atoms. The van der Waals surface area contributed by atoms with Crippen LogP contribution in [0.5, 0.6) is 0 Å². The monoisotopic (exact) mass is 170 g/mol. The molecule has 1 aliphatic rings. The largest absolute Gasteiger partial charge is 0.510 e. The standard InChI is InChI=1S/C10H18O2/c1-8-3-5-10(6-4-8)12-7-9(2)11/h8,10-11H,2-7H2,1H3. The van der Waals surface area contributed by atoms with E-state index in [1.807, 2.05) is 0 Å². The van der Waals surface area contributed by atoms with Crippen molar-refractivity contribution >= 4 is 0 Å². The number of aliphatic hydroxyl groups is 1. The zero-order chi connectivity index (χ0) is 8.97. The van der Waals surface area contributed by atoms with Gasteiger partial charge in [0.25, 0.3) is 0 Å². The lowest BCUT2D eigenvalue weighted by atomic mass is 9.89. The van der Waals surface area contributed by atoms with Gasteiger partial charge in [0, 0.05) is 0 Å². The molecule has 1 aliphatic carbocycles. The molecule has 1 fully saturated rings. The number of aliphatic hydroxyl groups excluding tert-OH is 1. The second-order valence-electron chi connectivity index (χ2n) is 3.76. The Balaban J connectivity index is 2.13. The molecule has 0 unspecified atom stereocenters. The third-order valence-corrected chi connectivity index (χ3v) is 2.45. The quantitative estimate of drug-likeness (QED) is 0.660. The summed E-state index contributed by atoms with van der Waals surface area (Å²) in [5.74, 6) is 0.982. The second kappa shape index (κ2) is 4.51. The van der Waals surface area contributed by atoms with E-state index in [0.29, 0.717) is 12.7 Å². The van der Waals surface area contributed by atoms with Gasteiger partial charge >= 0.3 is 0 Å². The lowest BCUT2D eigenvalue weighted by molar-refractivity contribution is 0.0207. The van der Waals surface area contributed by atoms with Crippen LogP contribution in [0.25, 0.3) is 0 Å². The first-order valence-electron chi connectivity index (χ1n) is 4.67. The minimum Gasteiger partial charge on any atom is -0.510 e. The Morgan fingerprint density at radius 3 is 2.50 bits per heavy atom. The van der Waals surface area contributed by atoms with Crippen molar-refractivity contribution in [2.45, 2.75) is 38.7 Å². The van der Waals surface area contributed by atoms with Crippen LogP contribution in [0.3, 0.4) is 0 Å². The average Bonchev–Trinajstić information content (AvgIpc) is 2.03. The maximum Gasteiger partial charge on any atom is 0.111 e. The van der Waals surface area contributed by atoms with Gasteiger partial charge in [0.15, 0.2) is 0 Å². The van der Waals surface area contributed by atoms with E-state index in [1.165, 1.54) is 12.8 Å². The third kappa shape index (κ3) is 3.26. The first-order valence-corrected chi connectivity index (χ1v) is 4.67. The van der Waals surface area contributed by atoms with E-state index in [-0.39, 0.29) is 5.76 Å². The molecule has 0 atom stereocenters. The highest BCUT2D eigenvalue weighted by molar-refractivity contribution is 4.79. The molecule has 0 aromatic heterocycles. The van der Waals surface area contributed by atoms with Gasteiger partial charge in [-0.05, 0) is 31.6 Å². The van der Waals surface area contributed by atoms with Gasteiger partial charge in [0.05, 0.1) is 6.10 Å². The molecule has 0 radical (unpaired) electrons. The Kier molecular flexibility index (Phi) is 3.60. The minimum absolute atomic E-state index is 0.133. The smallest absolute Gasteiger partial charge is 0.111 e. The molecule has 1 N–H and O–H groups in total. The van der Waals surface area contributed by atoms with Crippen molar-refractivity contribution in [3.8, 4) is 0 Å². The minimum atomic E-state index is 0.133. The van der Waals surface area contributed by atoms with Crippen LogP contribution >= 0.6 is 0 Å². The van der Waals surface area contributed by atoms with Gasteiger partial charge in [-0.3, -0.25) is 0 Å². The van der Waals surface area contributed by atoms with Gasteiger partial charge in [-0.15, -0.1) is 0 Å². The molecule has 1 rings (SSSR count). The van der Waals surface area contributed by atoms with Gasteiger partial charge < -0.3 is 9.84 Å². The maximum atomic E-state index is 8.82. The first kappa shape index (κ1) is 9.59. The summed E-state index contributed by atoms with van der Waals surface area (Å²) in [6.45, 7) is 5.97. The zero-order valence-electron chi connectivity index (χ0n) is 7.75. The fourth-order valence-electron chi connectivity index (χ4n) is 1.61. The fourth-order valence-corrected chi connectivity index (χ4v) is 1.61. The van der Waals surface area contributed by atoms with E-state index in [2.05, 4.69) is 13.5 Å². The normalized spacial score (nSPS) is 30.1. The van der Waals surface area contributed by atoms with E-state index < -0.39 is 0 Å². The summed E-state index contributed by atoms with van der Waals surface area (Å²) in [6, 6.07) is 0. The van der Waals surface area contributed by atoms with Crippen LogP contribution in [-0.2, 0) is 4.74 Å². The van der Waals surface area contributed by atoms with Crippen molar-refractivity contribution in [3.05, 3.63) is 12.3 Å². The van der Waals surface area contributed by atoms with Gasteiger partial charge in [-0.1, -0.05) is 13.5 Å². The second-order valence-corrected chi connectivity index (χ2v) is 3.76. The molecular weight excluding hydrogens is 152 g/mol. The Labute approximate surface area is 74.2 Å². The molecule has 2 nitrogen and oxygen atoms in total. The number of hydrogen-bond acceptors (Lipinski definition) is 2. The van der Waals surface area contributed by atoms with Gasteiger partial charge in [0.2, 0.25) is 0 Å². The summed E-state index contributed by atoms with van der Waals surface area (Å²) in [5, 5.41) is 8.82. The number of ether oxygens (including phenoxy) is 1. The van der Waals surface area contributed by atoms with E-state index in [4.69, 9.17) is 9.84 Å². The maximum absolute atomic E-state index is 8.82. The van der Waals surface area contributed by atoms with Crippen LogP contribution in [0, 0.1) is 5.92 Å². The summed E-state index contributed by atoms with van der Waals surface area (Å²) in [7, 11) is 0. The van der Waals surface area contributed by atoms with Crippen LogP contribution in [0.2, 0.25) is 0 Å². The van der Waals surface area contributed by atoms with Crippen molar-refractivity contribution in [1.82, 2.24) is 0 Å². The highest BCUT2D eigenvalue weighted by Gasteiger charge is 2.18. The summed E-state index contributed by atoms with van der Waals surface area (Å²) in [4.78, 5) is 0. The summed E-state index contributed by atoms with van der Waals surface area (Å²) in [5.41, 5.74) is 0. The van der Waals surface area contributed by atoms with Crippen LogP contribution in [-0.4, -0.2) is 17.8 Å². The van der Waals surface area contributed by atoms with Crippen LogP contribution in [0.15, 0.2) is 12.3 Å². The van der Waals surface area contributed by atoms with Gasteiger partial charge in [0.1, 0.15) is 12.4 Å². The van der Waals surface area contributed by atoms with Crippen LogP contribution in [0.1, 0.15) is 32.6 Å². The van der Waals surface area contributed by atoms with E-state index in [0.717, 1.165) is 18.8 Å². The lowest BCUT2D eigenvalue weighted by Crippen LogP contribution is -2.21. The summed E-state index contributed by atoms with van der Waals surface area (Å²) >= 11 is 0. The molecule has 0 spiro atoms. The van der Waals surface area contributed by atoms with Crippen molar-refractivity contribution in [2.75, 3.05) is 6.61 Å². The molecule has 12 heavy (non-hydrogen) atoms. The Morgan fingerprint density at radius 2 is 2.00 bits per heavy atom. The predicted molar refractivity (Wildman–Crippen MR) is 49.1 cm³/mol. The van der Waals surface area contributed by atoms with Crippen molar-refractivity contribution < 1.29 is 9.84 Å². The van der Waals surface area contributed by atoms with E-state index in [1.54, 1.807) is 0 Å². The molecule has 2 heteroatoms. The molecule has 0 heterocycles. The highest BCUT2D eigenvalue weighted by atomic mass is 16.5. The Morgan fingerprint density at radius 1 is 1.42 bits per heavy atom.